The summed E-state index contributed by atoms with van der Waals surface area (Å²) in [6.45, 7) is 0.795. The van der Waals surface area contributed by atoms with E-state index in [9.17, 15) is 14.0 Å². The van der Waals surface area contributed by atoms with E-state index in [2.05, 4.69) is 20.8 Å². The number of primary amides is 1. The Morgan fingerprint density at radius 1 is 1.18 bits per heavy atom. The monoisotopic (exact) mass is 535 g/mol. The molecule has 2 atom stereocenters. The molecule has 11 nitrogen and oxygen atoms in total. The maximum Gasteiger partial charge on any atom is 0.271 e. The predicted molar refractivity (Wildman–Crippen MR) is 141 cm³/mol. The topological polar surface area (TPSA) is 146 Å². The van der Waals surface area contributed by atoms with Crippen LogP contribution < -0.4 is 21.1 Å². The second-order valence-corrected chi connectivity index (χ2v) is 10.4. The molecule has 204 valence electrons. The first-order chi connectivity index (χ1) is 18.8. The van der Waals surface area contributed by atoms with Gasteiger partial charge in [0.1, 0.15) is 5.75 Å². The molecule has 3 aliphatic rings. The highest BCUT2D eigenvalue weighted by atomic mass is 19.1. The van der Waals surface area contributed by atoms with Gasteiger partial charge in [0.25, 0.3) is 11.8 Å². The van der Waals surface area contributed by atoms with Gasteiger partial charge in [0.05, 0.1) is 36.3 Å². The lowest BCUT2D eigenvalue weighted by Crippen LogP contribution is -2.34. The normalized spacial score (nSPS) is 23.1. The number of halogens is 1. The van der Waals surface area contributed by atoms with Gasteiger partial charge >= 0.3 is 0 Å². The van der Waals surface area contributed by atoms with Gasteiger partial charge in [-0.25, -0.2) is 4.39 Å². The molecule has 0 bridgehead atoms. The fourth-order valence-corrected chi connectivity index (χ4v) is 5.75. The molecule has 2 aromatic heterocycles. The lowest BCUT2D eigenvalue weighted by atomic mass is 9.94. The van der Waals surface area contributed by atoms with Gasteiger partial charge in [0.2, 0.25) is 0 Å². The van der Waals surface area contributed by atoms with Crippen LogP contribution in [-0.4, -0.2) is 56.8 Å². The summed E-state index contributed by atoms with van der Waals surface area (Å²) in [5.74, 6) is -1.11. The molecular formula is C27H30FN7O4. The second kappa shape index (κ2) is 9.60. The zero-order valence-corrected chi connectivity index (χ0v) is 21.6. The van der Waals surface area contributed by atoms with Crippen LogP contribution in [0.4, 0.5) is 21.6 Å². The molecule has 1 aromatic carbocycles. The molecule has 3 fully saturated rings. The van der Waals surface area contributed by atoms with Crippen molar-refractivity contribution in [2.45, 2.75) is 62.3 Å². The summed E-state index contributed by atoms with van der Waals surface area (Å²) in [6.07, 6.45) is 9.44. The molecule has 12 heteroatoms. The minimum Gasteiger partial charge on any atom is -0.494 e. The number of hydrogen-bond donors (Lipinski definition) is 3. The van der Waals surface area contributed by atoms with Crippen molar-refractivity contribution in [3.63, 3.8) is 0 Å². The summed E-state index contributed by atoms with van der Waals surface area (Å²) in [5.41, 5.74) is 5.73. The minimum atomic E-state index is -1.89. The molecule has 3 aromatic rings. The molecule has 0 radical (unpaired) electrons. The number of carbonyl (C=O) groups excluding carboxylic acids is 2. The standard InChI is InChI=1S/C27H30FN7O4/c1-38-23-17(16-14-30-35(15-16)20-7-3-8-27(20)9-4-12-39-27)5-2-6-18(23)31-19-13-21(33-34-22(19)24(29)36)32-25(37)26(28)10-11-26/h2,5-6,13-15,20H,3-4,7-12H2,1H3,(H2,29,36)(H2,31,32,33,37)/t20-,27+/m1/s1. The fourth-order valence-electron chi connectivity index (χ4n) is 5.75. The first-order valence-corrected chi connectivity index (χ1v) is 13.1. The Balaban J connectivity index is 1.30. The molecule has 2 aliphatic carbocycles. The fraction of sp³-hybridized carbons (Fsp3) is 0.444. The molecule has 4 N–H and O–H groups in total. The highest BCUT2D eigenvalue weighted by molar-refractivity contribution is 6.01. The zero-order valence-electron chi connectivity index (χ0n) is 21.6. The third-order valence-corrected chi connectivity index (χ3v) is 7.90. The van der Waals surface area contributed by atoms with Crippen molar-refractivity contribution < 1.29 is 23.5 Å². The summed E-state index contributed by atoms with van der Waals surface area (Å²) < 4.78 is 28.1. The Labute approximate surface area is 224 Å². The average molecular weight is 536 g/mol. The largest absolute Gasteiger partial charge is 0.494 e. The number of benzene rings is 1. The van der Waals surface area contributed by atoms with Crippen molar-refractivity contribution in [1.82, 2.24) is 20.0 Å². The van der Waals surface area contributed by atoms with Crippen LogP contribution in [0.5, 0.6) is 5.75 Å². The maximum absolute atomic E-state index is 14.1. The summed E-state index contributed by atoms with van der Waals surface area (Å²) in [5, 5.41) is 17.9. The van der Waals surface area contributed by atoms with E-state index in [0.717, 1.165) is 49.8 Å². The Morgan fingerprint density at radius 2 is 2.00 bits per heavy atom. The van der Waals surface area contributed by atoms with Gasteiger partial charge in [0.15, 0.2) is 17.2 Å². The van der Waals surface area contributed by atoms with E-state index in [1.54, 1.807) is 13.2 Å². The van der Waals surface area contributed by atoms with Crippen LogP contribution in [0.2, 0.25) is 0 Å². The van der Waals surface area contributed by atoms with E-state index in [1.165, 1.54) is 6.07 Å². The molecular weight excluding hydrogens is 505 g/mol. The van der Waals surface area contributed by atoms with Gasteiger partial charge in [-0.05, 0) is 51.0 Å². The van der Waals surface area contributed by atoms with Gasteiger partial charge in [-0.3, -0.25) is 14.3 Å². The summed E-state index contributed by atoms with van der Waals surface area (Å²) in [6, 6.07) is 7.12. The number of alkyl halides is 1. The summed E-state index contributed by atoms with van der Waals surface area (Å²) in [7, 11) is 1.55. The average Bonchev–Trinajstić information content (AvgIpc) is 3.30. The van der Waals surface area contributed by atoms with Crippen molar-refractivity contribution >= 4 is 29.0 Å². The van der Waals surface area contributed by atoms with E-state index in [4.69, 9.17) is 20.3 Å². The maximum atomic E-state index is 14.1. The van der Waals surface area contributed by atoms with Crippen molar-refractivity contribution in [1.29, 1.82) is 0 Å². The summed E-state index contributed by atoms with van der Waals surface area (Å²) in [4.78, 5) is 24.2. The van der Waals surface area contributed by atoms with Crippen LogP contribution in [0, 0.1) is 0 Å². The van der Waals surface area contributed by atoms with Crippen LogP contribution in [-0.2, 0) is 9.53 Å². The minimum absolute atomic E-state index is 0.00699. The molecule has 3 heterocycles. The number of amides is 2. The first kappa shape index (κ1) is 25.2. The van der Waals surface area contributed by atoms with E-state index in [1.807, 2.05) is 29.2 Å². The highest BCUT2D eigenvalue weighted by Crippen LogP contribution is 2.48. The third kappa shape index (κ3) is 4.58. The third-order valence-electron chi connectivity index (χ3n) is 7.90. The molecule has 39 heavy (non-hydrogen) atoms. The molecule has 2 saturated carbocycles. The van der Waals surface area contributed by atoms with E-state index in [-0.39, 0.29) is 41.7 Å². The lowest BCUT2D eigenvalue weighted by molar-refractivity contribution is -0.122. The van der Waals surface area contributed by atoms with Gasteiger partial charge in [0, 0.05) is 30.0 Å². The molecule has 1 spiro atoms. The Hall–Kier alpha value is -4.06. The van der Waals surface area contributed by atoms with Crippen molar-refractivity contribution in [2.24, 2.45) is 5.73 Å². The van der Waals surface area contributed by atoms with Crippen LogP contribution in [0.25, 0.3) is 11.1 Å². The number of hydrogen-bond acceptors (Lipinski definition) is 8. The second-order valence-electron chi connectivity index (χ2n) is 10.4. The SMILES string of the molecule is COc1c(Nc2cc(NC(=O)C3(F)CC3)nnc2C(N)=O)cccc1-c1cnn([C@@H]2CCC[C@]23CCCO3)c1. The molecule has 1 aliphatic heterocycles. The van der Waals surface area contributed by atoms with Crippen molar-refractivity contribution in [2.75, 3.05) is 24.4 Å². The molecule has 6 rings (SSSR count). The molecule has 2 amide bonds. The molecule has 1 saturated heterocycles. The van der Waals surface area contributed by atoms with Crippen LogP contribution in [0.3, 0.4) is 0 Å². The van der Waals surface area contributed by atoms with Gasteiger partial charge in [-0.15, -0.1) is 10.2 Å². The number of nitrogens with one attached hydrogen (secondary N) is 2. The van der Waals surface area contributed by atoms with Crippen LogP contribution in [0.1, 0.15) is 61.5 Å². The number of methoxy groups -OCH3 is 1. The number of para-hydroxylation sites is 1. The number of nitrogens with zero attached hydrogens (tertiary/aromatic N) is 4. The van der Waals surface area contributed by atoms with Crippen LogP contribution in [0.15, 0.2) is 36.7 Å². The number of carbonyl (C=O) groups is 2. The molecule has 0 unspecified atom stereocenters. The van der Waals surface area contributed by atoms with Gasteiger partial charge in [-0.1, -0.05) is 12.1 Å². The Bertz CT molecular complexity index is 1430. The highest BCUT2D eigenvalue weighted by Gasteiger charge is 2.51. The number of ether oxygens (including phenoxy) is 2. The first-order valence-electron chi connectivity index (χ1n) is 13.1. The van der Waals surface area contributed by atoms with Crippen molar-refractivity contribution in [3.8, 4) is 16.9 Å². The predicted octanol–water partition coefficient (Wildman–Crippen LogP) is 3.91. The van der Waals surface area contributed by atoms with E-state index in [0.29, 0.717) is 11.4 Å². The lowest BCUT2D eigenvalue weighted by Gasteiger charge is -2.30. The zero-order chi connectivity index (χ0) is 27.2. The number of nitrogens with two attached hydrogens (primary N) is 1. The van der Waals surface area contributed by atoms with E-state index < -0.39 is 17.5 Å². The number of rotatable bonds is 8. The summed E-state index contributed by atoms with van der Waals surface area (Å²) >= 11 is 0. The Kier molecular flexibility index (Phi) is 6.21. The smallest absolute Gasteiger partial charge is 0.271 e. The Morgan fingerprint density at radius 3 is 2.72 bits per heavy atom. The van der Waals surface area contributed by atoms with Gasteiger partial charge in [-0.2, -0.15) is 5.10 Å². The van der Waals surface area contributed by atoms with Crippen LogP contribution >= 0.6 is 0 Å². The van der Waals surface area contributed by atoms with Gasteiger partial charge < -0.3 is 25.8 Å². The quantitative estimate of drug-likeness (QED) is 0.394. The number of anilines is 3. The van der Waals surface area contributed by atoms with E-state index >= 15 is 0 Å². The number of aromatic nitrogens is 4. The van der Waals surface area contributed by atoms with Crippen molar-refractivity contribution in [3.05, 3.63) is 42.4 Å².